The highest BCUT2D eigenvalue weighted by molar-refractivity contribution is 9.47. The largest absolute Gasteiger partial charge is 0.560 e. The fourth-order valence-corrected chi connectivity index (χ4v) is 0. The molecule has 0 aliphatic rings. The number of hydrogen-bond acceptors (Lipinski definition) is 0. The maximum atomic E-state index is 3.20. The van der Waals surface area contributed by atoms with Gasteiger partial charge in [-0.05, 0) is 0 Å². The SMILES string of the molecule is [Br][Mg][Br].[CH3]. The Morgan fingerprint density at radius 3 is 1.25 bits per heavy atom. The maximum Gasteiger partial charge on any atom is 0.560 e. The van der Waals surface area contributed by atoms with Gasteiger partial charge in [0, 0.05) is 0 Å². The predicted molar refractivity (Wildman–Crippen MR) is 30.0 cm³/mol. The first-order valence-electron chi connectivity index (χ1n) is 0.535. The predicted octanol–water partition coefficient (Wildman–Crippen LogP) is 1.76. The van der Waals surface area contributed by atoms with Gasteiger partial charge in [-0.3, -0.25) is 25.8 Å². The van der Waals surface area contributed by atoms with Crippen LogP contribution in [-0.2, 0) is 0 Å². The normalized spacial score (nSPS) is 2.50. The van der Waals surface area contributed by atoms with Crippen LogP contribution in [0.5, 0.6) is 0 Å². The smallest absolute Gasteiger partial charge is 0.280 e. The van der Waals surface area contributed by atoms with Crippen molar-refractivity contribution in [3.8, 4) is 0 Å². The molecule has 3 heteroatoms. The Morgan fingerprint density at radius 2 is 1.25 bits per heavy atom. The molecule has 0 N–H and O–H groups in total. The molecular weight excluding hydrogens is 196 g/mol. The Morgan fingerprint density at radius 1 is 1.25 bits per heavy atom. The number of halogens is 2. The first kappa shape index (κ1) is 9.21. The molecule has 1 radical (unpaired) electrons. The van der Waals surface area contributed by atoms with Crippen LogP contribution in [0.2, 0.25) is 0 Å². The van der Waals surface area contributed by atoms with Crippen molar-refractivity contribution in [2.45, 2.75) is 0 Å². The zero-order valence-electron chi connectivity index (χ0n) is 2.46. The van der Waals surface area contributed by atoms with Crippen molar-refractivity contribution >= 4 is 41.8 Å². The summed E-state index contributed by atoms with van der Waals surface area (Å²) in [5, 5.41) is 0. The Kier molecular flexibility index (Phi) is 20.3. The second-order valence-electron chi connectivity index (χ2n) is 0.101. The van der Waals surface area contributed by atoms with E-state index in [0.29, 0.717) is 0 Å². The minimum absolute atomic E-state index is 0. The minimum atomic E-state index is 0. The molecule has 0 saturated carbocycles. The van der Waals surface area contributed by atoms with Gasteiger partial charge in [0.1, 0.15) is 0 Å². The van der Waals surface area contributed by atoms with Crippen LogP contribution in [0.25, 0.3) is 0 Å². The first-order valence-corrected chi connectivity index (χ1v) is 8.33. The lowest BCUT2D eigenvalue weighted by Crippen LogP contribution is -1.31. The van der Waals surface area contributed by atoms with E-state index in [9.17, 15) is 0 Å². The van der Waals surface area contributed by atoms with E-state index in [-0.39, 0.29) is 23.4 Å². The Hall–Kier alpha value is 1.73. The molecule has 0 nitrogen and oxygen atoms in total. The summed E-state index contributed by atoms with van der Waals surface area (Å²) in [6.45, 7) is 0. The molecule has 4 heavy (non-hydrogen) atoms. The summed E-state index contributed by atoms with van der Waals surface area (Å²) in [4.78, 5) is 0. The molecule has 0 amide bonds. The van der Waals surface area contributed by atoms with Crippen LogP contribution in [0, 0.1) is 7.43 Å². The highest BCUT2D eigenvalue weighted by Gasteiger charge is 1.62. The Balaban J connectivity index is 0. The van der Waals surface area contributed by atoms with Crippen molar-refractivity contribution < 1.29 is 0 Å². The molecule has 0 aromatic heterocycles. The van der Waals surface area contributed by atoms with Gasteiger partial charge in [0.05, 0.1) is 0 Å². The molecule has 0 bridgehead atoms. The minimum Gasteiger partial charge on any atom is -0.280 e. The molecule has 0 aliphatic heterocycles. The molecule has 0 unspecified atom stereocenters. The lowest BCUT2D eigenvalue weighted by Gasteiger charge is -1.33. The third-order valence-electron chi connectivity index (χ3n) is 0. The van der Waals surface area contributed by atoms with Crippen molar-refractivity contribution in [1.82, 2.24) is 0 Å². The molecule has 0 rings (SSSR count). The average molecular weight is 199 g/mol. The molecule has 0 heterocycles. The van der Waals surface area contributed by atoms with Gasteiger partial charge in [-0.2, -0.15) is 0 Å². The van der Waals surface area contributed by atoms with E-state index in [2.05, 4.69) is 25.8 Å². The van der Waals surface area contributed by atoms with Crippen LogP contribution in [0.3, 0.4) is 0 Å². The zero-order valence-corrected chi connectivity index (χ0v) is 7.05. The quantitative estimate of drug-likeness (QED) is 0.521. The highest BCUT2D eigenvalue weighted by Crippen LogP contribution is 1.77. The molecule has 0 aliphatic carbocycles. The second kappa shape index (κ2) is 8.83. The molecule has 0 fully saturated rings. The fourth-order valence-electron chi connectivity index (χ4n) is 0. The van der Waals surface area contributed by atoms with Crippen molar-refractivity contribution in [1.29, 1.82) is 0 Å². The lowest BCUT2D eigenvalue weighted by atomic mass is 12.0. The van der Waals surface area contributed by atoms with Crippen molar-refractivity contribution in [3.63, 3.8) is 0 Å². The molecule has 0 saturated heterocycles. The van der Waals surface area contributed by atoms with Crippen molar-refractivity contribution in [2.75, 3.05) is 0 Å². The molecule has 0 aromatic carbocycles. The van der Waals surface area contributed by atoms with E-state index in [1.165, 1.54) is 0 Å². The summed E-state index contributed by atoms with van der Waals surface area (Å²) in [6, 6.07) is 0. The Labute approximate surface area is 48.8 Å². The van der Waals surface area contributed by atoms with Gasteiger partial charge in [0.2, 0.25) is 0 Å². The summed E-state index contributed by atoms with van der Waals surface area (Å²) in [6.07, 6.45) is 0. The van der Waals surface area contributed by atoms with Crippen molar-refractivity contribution in [3.05, 3.63) is 7.43 Å². The van der Waals surface area contributed by atoms with E-state index in [1.54, 1.807) is 0 Å². The van der Waals surface area contributed by atoms with Gasteiger partial charge in [0.25, 0.3) is 0 Å². The van der Waals surface area contributed by atoms with Crippen molar-refractivity contribution in [2.24, 2.45) is 0 Å². The Bertz CT molecular complexity index is 6.00. The molecule has 0 aromatic rings. The van der Waals surface area contributed by atoms with E-state index in [1.807, 2.05) is 0 Å². The standard InChI is InChI=1S/CH3.2BrH.Mg/h1H3;2*1H;/q;;;+2/p-2. The van der Waals surface area contributed by atoms with Gasteiger partial charge in [-0.1, -0.05) is 7.43 Å². The van der Waals surface area contributed by atoms with Crippen LogP contribution in [-0.4, -0.2) is 16.0 Å². The van der Waals surface area contributed by atoms with Crippen LogP contribution >= 0.6 is 25.8 Å². The molecule has 0 atom stereocenters. The van der Waals surface area contributed by atoms with Gasteiger partial charge < -0.3 is 0 Å². The average Bonchev–Trinajstić information content (AvgIpc) is 0.918. The highest BCUT2D eigenvalue weighted by atomic mass is 79.9. The van der Waals surface area contributed by atoms with E-state index >= 15 is 0 Å². The van der Waals surface area contributed by atoms with Gasteiger partial charge in [0.15, 0.2) is 0 Å². The van der Waals surface area contributed by atoms with E-state index in [4.69, 9.17) is 0 Å². The number of rotatable bonds is 0. The topological polar surface area (TPSA) is 0 Å². The van der Waals surface area contributed by atoms with Crippen LogP contribution in [0.15, 0.2) is 0 Å². The first-order chi connectivity index (χ1) is 1.41. The van der Waals surface area contributed by atoms with Gasteiger partial charge in [-0.25, -0.2) is 0 Å². The fraction of sp³-hybridized carbons (Fsp3) is 0. The summed E-state index contributed by atoms with van der Waals surface area (Å²) in [5.74, 6) is 0. The third kappa shape index (κ3) is 9.29. The zero-order chi connectivity index (χ0) is 2.71. The number of hydrogen-bond donors (Lipinski definition) is 0. The van der Waals surface area contributed by atoms with E-state index in [0.717, 1.165) is 0 Å². The second-order valence-corrected chi connectivity index (χ2v) is 8.18. The van der Waals surface area contributed by atoms with Gasteiger partial charge >= 0.3 is 16.0 Å². The van der Waals surface area contributed by atoms with E-state index < -0.39 is 0 Å². The van der Waals surface area contributed by atoms with Gasteiger partial charge in [-0.15, -0.1) is 0 Å². The lowest BCUT2D eigenvalue weighted by molar-refractivity contribution is 3.24. The summed E-state index contributed by atoms with van der Waals surface area (Å²) >= 11 is 6.44. The molecule has 23 valence electrons. The van der Waals surface area contributed by atoms with Crippen LogP contribution < -0.4 is 0 Å². The monoisotopic (exact) mass is 197 g/mol. The molecule has 0 spiro atoms. The summed E-state index contributed by atoms with van der Waals surface area (Å²) in [7, 11) is 0. The van der Waals surface area contributed by atoms with Crippen LogP contribution in [0.4, 0.5) is 0 Å². The van der Waals surface area contributed by atoms with Crippen LogP contribution in [0.1, 0.15) is 0 Å². The molecular formula is CH3Br2Mg. The third-order valence-corrected chi connectivity index (χ3v) is 0. The maximum absolute atomic E-state index is 3.20. The summed E-state index contributed by atoms with van der Waals surface area (Å²) in [5.41, 5.74) is 0. The summed E-state index contributed by atoms with van der Waals surface area (Å²) < 4.78 is 0.